The number of halogens is 2. The van der Waals surface area contributed by atoms with Gasteiger partial charge in [-0.3, -0.25) is 4.79 Å². The first-order valence-electron chi connectivity index (χ1n) is 8.07. The van der Waals surface area contributed by atoms with E-state index in [1.165, 1.54) is 6.07 Å². The molecule has 25 heavy (non-hydrogen) atoms. The van der Waals surface area contributed by atoms with Gasteiger partial charge in [-0.2, -0.15) is 0 Å². The van der Waals surface area contributed by atoms with Crippen molar-refractivity contribution < 1.29 is 18.3 Å². The molecular formula is C19H22F2N2O2. The number of benzene rings is 2. The molecule has 2 aromatic carbocycles. The molecule has 0 aliphatic heterocycles. The molecule has 0 bridgehead atoms. The minimum absolute atomic E-state index is 0.245. The summed E-state index contributed by atoms with van der Waals surface area (Å²) < 4.78 is 31.7. The van der Waals surface area contributed by atoms with Crippen molar-refractivity contribution in [1.82, 2.24) is 4.90 Å². The van der Waals surface area contributed by atoms with Crippen LogP contribution in [0.15, 0.2) is 42.5 Å². The van der Waals surface area contributed by atoms with Crippen molar-refractivity contribution >= 4 is 11.6 Å². The Morgan fingerprint density at radius 2 is 1.88 bits per heavy atom. The third-order valence-corrected chi connectivity index (χ3v) is 3.75. The van der Waals surface area contributed by atoms with Crippen LogP contribution < -0.4 is 10.1 Å². The summed E-state index contributed by atoms with van der Waals surface area (Å²) in [6.07, 6.45) is 0.250. The van der Waals surface area contributed by atoms with Gasteiger partial charge in [0.2, 0.25) is 5.91 Å². The third-order valence-electron chi connectivity index (χ3n) is 3.75. The quantitative estimate of drug-likeness (QED) is 0.792. The Kier molecular flexibility index (Phi) is 6.89. The van der Waals surface area contributed by atoms with Gasteiger partial charge >= 0.3 is 0 Å². The summed E-state index contributed by atoms with van der Waals surface area (Å²) in [7, 11) is 1.89. The second-order valence-electron chi connectivity index (χ2n) is 5.84. The zero-order valence-electron chi connectivity index (χ0n) is 14.4. The number of rotatable bonds is 8. The fourth-order valence-corrected chi connectivity index (χ4v) is 2.23. The average Bonchev–Trinajstić information content (AvgIpc) is 2.58. The number of amides is 1. The second-order valence-corrected chi connectivity index (χ2v) is 5.84. The predicted molar refractivity (Wildman–Crippen MR) is 93.8 cm³/mol. The standard InChI is InChI=1S/C19H22F2N2O2/c1-14-5-3-4-6-18(14)25-12-11-23(2)10-9-19(24)22-15-7-8-16(20)17(21)13-15/h3-8,13H,9-12H2,1-2H3,(H,22,24). The molecule has 134 valence electrons. The number of anilines is 1. The van der Waals surface area contributed by atoms with Gasteiger partial charge in [-0.15, -0.1) is 0 Å². The molecule has 1 N–H and O–H groups in total. The highest BCUT2D eigenvalue weighted by atomic mass is 19.2. The monoisotopic (exact) mass is 348 g/mol. The van der Waals surface area contributed by atoms with Gasteiger partial charge in [0.15, 0.2) is 11.6 Å². The van der Waals surface area contributed by atoms with Gasteiger partial charge in [0, 0.05) is 31.3 Å². The van der Waals surface area contributed by atoms with Crippen molar-refractivity contribution in [3.05, 3.63) is 59.7 Å². The molecule has 1 amide bonds. The van der Waals surface area contributed by atoms with Gasteiger partial charge < -0.3 is 15.0 Å². The fourth-order valence-electron chi connectivity index (χ4n) is 2.23. The van der Waals surface area contributed by atoms with Crippen LogP contribution in [0.2, 0.25) is 0 Å². The third kappa shape index (κ3) is 6.15. The van der Waals surface area contributed by atoms with Crippen LogP contribution >= 0.6 is 0 Å². The topological polar surface area (TPSA) is 41.6 Å². The highest BCUT2D eigenvalue weighted by Crippen LogP contribution is 2.16. The Balaban J connectivity index is 1.68. The van der Waals surface area contributed by atoms with Crippen LogP contribution in [-0.2, 0) is 4.79 Å². The van der Waals surface area contributed by atoms with Crippen molar-refractivity contribution in [1.29, 1.82) is 0 Å². The summed E-state index contributed by atoms with van der Waals surface area (Å²) in [4.78, 5) is 13.8. The van der Waals surface area contributed by atoms with Crippen molar-refractivity contribution in [2.75, 3.05) is 32.1 Å². The zero-order valence-corrected chi connectivity index (χ0v) is 14.4. The first-order valence-corrected chi connectivity index (χ1v) is 8.07. The van der Waals surface area contributed by atoms with Gasteiger partial charge in [-0.25, -0.2) is 8.78 Å². The number of nitrogens with one attached hydrogen (secondary N) is 1. The number of carbonyl (C=O) groups is 1. The fraction of sp³-hybridized carbons (Fsp3) is 0.316. The Bertz CT molecular complexity index is 722. The van der Waals surface area contributed by atoms with E-state index in [2.05, 4.69) is 5.32 Å². The van der Waals surface area contributed by atoms with Crippen molar-refractivity contribution in [2.45, 2.75) is 13.3 Å². The van der Waals surface area contributed by atoms with Crippen molar-refractivity contribution in [3.8, 4) is 5.75 Å². The lowest BCUT2D eigenvalue weighted by molar-refractivity contribution is -0.116. The van der Waals surface area contributed by atoms with Gasteiger partial charge in [-0.05, 0) is 37.7 Å². The van der Waals surface area contributed by atoms with Crippen molar-refractivity contribution in [3.63, 3.8) is 0 Å². The normalized spacial score (nSPS) is 10.8. The first-order chi connectivity index (χ1) is 12.0. The molecule has 4 nitrogen and oxygen atoms in total. The smallest absolute Gasteiger partial charge is 0.225 e. The van der Waals surface area contributed by atoms with Crippen LogP contribution in [0.25, 0.3) is 0 Å². The molecule has 0 atom stereocenters. The van der Waals surface area contributed by atoms with E-state index < -0.39 is 11.6 Å². The number of ether oxygens (including phenoxy) is 1. The van der Waals surface area contributed by atoms with Gasteiger partial charge in [0.05, 0.1) is 0 Å². The number of likely N-dealkylation sites (N-methyl/N-ethyl adjacent to an activating group) is 1. The molecule has 0 aliphatic carbocycles. The lowest BCUT2D eigenvalue weighted by atomic mass is 10.2. The molecule has 6 heteroatoms. The van der Waals surface area contributed by atoms with Crippen LogP contribution in [-0.4, -0.2) is 37.6 Å². The molecule has 0 saturated carbocycles. The van der Waals surface area contributed by atoms with E-state index in [4.69, 9.17) is 4.74 Å². The zero-order chi connectivity index (χ0) is 18.2. The summed E-state index contributed by atoms with van der Waals surface area (Å²) in [6, 6.07) is 11.1. The number of aryl methyl sites for hydroxylation is 1. The Labute approximate surface area is 146 Å². The summed E-state index contributed by atoms with van der Waals surface area (Å²) in [6.45, 7) is 3.72. The minimum atomic E-state index is -0.983. The lowest BCUT2D eigenvalue weighted by Crippen LogP contribution is -2.28. The van der Waals surface area contributed by atoms with Crippen LogP contribution in [0.5, 0.6) is 5.75 Å². The largest absolute Gasteiger partial charge is 0.492 e. The van der Waals surface area contributed by atoms with E-state index in [-0.39, 0.29) is 18.0 Å². The van der Waals surface area contributed by atoms with Gasteiger partial charge in [0.25, 0.3) is 0 Å². The van der Waals surface area contributed by atoms with E-state index in [9.17, 15) is 13.6 Å². The van der Waals surface area contributed by atoms with Crippen LogP contribution in [0.3, 0.4) is 0 Å². The van der Waals surface area contributed by atoms with Gasteiger partial charge in [-0.1, -0.05) is 18.2 Å². The average molecular weight is 348 g/mol. The number of carbonyl (C=O) groups excluding carboxylic acids is 1. The van der Waals surface area contributed by atoms with Crippen LogP contribution in [0, 0.1) is 18.6 Å². The number of nitrogens with zero attached hydrogens (tertiary/aromatic N) is 1. The molecule has 0 aliphatic rings. The lowest BCUT2D eigenvalue weighted by Gasteiger charge is -2.17. The van der Waals surface area contributed by atoms with E-state index in [1.807, 2.05) is 43.1 Å². The number of para-hydroxylation sites is 1. The van der Waals surface area contributed by atoms with Crippen molar-refractivity contribution in [2.24, 2.45) is 0 Å². The minimum Gasteiger partial charge on any atom is -0.492 e. The first kappa shape index (κ1) is 18.9. The molecule has 0 saturated heterocycles. The molecule has 0 spiro atoms. The maximum atomic E-state index is 13.1. The second kappa shape index (κ2) is 9.13. The molecule has 0 fully saturated rings. The predicted octanol–water partition coefficient (Wildman–Crippen LogP) is 3.61. The van der Waals surface area contributed by atoms with E-state index >= 15 is 0 Å². The number of hydrogen-bond donors (Lipinski definition) is 1. The molecule has 2 aromatic rings. The number of hydrogen-bond acceptors (Lipinski definition) is 3. The molecule has 0 unspecified atom stereocenters. The van der Waals surface area contributed by atoms with E-state index in [0.29, 0.717) is 19.7 Å². The Morgan fingerprint density at radius 1 is 1.12 bits per heavy atom. The molecular weight excluding hydrogens is 326 g/mol. The molecule has 0 heterocycles. The summed E-state index contributed by atoms with van der Waals surface area (Å²) in [5.74, 6) is -1.32. The van der Waals surface area contributed by atoms with Gasteiger partial charge in [0.1, 0.15) is 12.4 Å². The van der Waals surface area contributed by atoms with Crippen LogP contribution in [0.4, 0.5) is 14.5 Å². The maximum absolute atomic E-state index is 13.1. The maximum Gasteiger partial charge on any atom is 0.225 e. The summed E-state index contributed by atoms with van der Waals surface area (Å²) in [5, 5.41) is 2.55. The summed E-state index contributed by atoms with van der Waals surface area (Å²) >= 11 is 0. The Hall–Kier alpha value is -2.47. The molecule has 0 radical (unpaired) electrons. The SMILES string of the molecule is Cc1ccccc1OCCN(C)CCC(=O)Nc1ccc(F)c(F)c1. The van der Waals surface area contributed by atoms with E-state index in [0.717, 1.165) is 23.4 Å². The molecule has 2 rings (SSSR count). The van der Waals surface area contributed by atoms with Crippen LogP contribution in [0.1, 0.15) is 12.0 Å². The molecule has 0 aromatic heterocycles. The Morgan fingerprint density at radius 3 is 2.60 bits per heavy atom. The highest BCUT2D eigenvalue weighted by Gasteiger charge is 2.08. The van der Waals surface area contributed by atoms with E-state index in [1.54, 1.807) is 0 Å². The highest BCUT2D eigenvalue weighted by molar-refractivity contribution is 5.90. The summed E-state index contributed by atoms with van der Waals surface area (Å²) in [5.41, 5.74) is 1.32.